The third-order valence-electron chi connectivity index (χ3n) is 3.80. The Bertz CT molecular complexity index is 366. The van der Waals surface area contributed by atoms with Gasteiger partial charge in [0, 0.05) is 5.54 Å². The van der Waals surface area contributed by atoms with Crippen LogP contribution in [0.5, 0.6) is 0 Å². The van der Waals surface area contributed by atoms with Gasteiger partial charge in [-0.25, -0.2) is 0 Å². The van der Waals surface area contributed by atoms with E-state index in [-0.39, 0.29) is 5.54 Å². The molecule has 0 unspecified atom stereocenters. The number of rotatable bonds is 3. The van der Waals surface area contributed by atoms with E-state index in [2.05, 4.69) is 44.4 Å². The topological polar surface area (TPSA) is 12.0 Å². The number of benzene rings is 1. The Balaban J connectivity index is 2.27. The molecule has 0 heterocycles. The van der Waals surface area contributed by atoms with Crippen molar-refractivity contribution in [2.75, 3.05) is 7.05 Å². The van der Waals surface area contributed by atoms with Crippen molar-refractivity contribution in [2.45, 2.75) is 51.5 Å². The molecule has 0 spiro atoms. The molecule has 0 aliphatic heterocycles. The molecule has 88 valence electrons. The maximum atomic E-state index is 3.40. The summed E-state index contributed by atoms with van der Waals surface area (Å²) in [5, 5.41) is 3.40. The van der Waals surface area contributed by atoms with Crippen molar-refractivity contribution in [1.29, 1.82) is 0 Å². The molecule has 1 aromatic rings. The van der Waals surface area contributed by atoms with Gasteiger partial charge in [0.1, 0.15) is 0 Å². The molecule has 0 saturated carbocycles. The summed E-state index contributed by atoms with van der Waals surface area (Å²) in [6.07, 6.45) is 6.43. The summed E-state index contributed by atoms with van der Waals surface area (Å²) in [5.74, 6) is 0. The summed E-state index contributed by atoms with van der Waals surface area (Å²) < 4.78 is 0. The summed E-state index contributed by atoms with van der Waals surface area (Å²) in [6, 6.07) is 6.85. The van der Waals surface area contributed by atoms with E-state index in [1.165, 1.54) is 25.7 Å². The minimum Gasteiger partial charge on any atom is -0.314 e. The molecule has 1 aliphatic carbocycles. The fraction of sp³-hybridized carbons (Fsp3) is 0.600. The third-order valence-corrected chi connectivity index (χ3v) is 3.80. The van der Waals surface area contributed by atoms with Crippen molar-refractivity contribution in [3.05, 3.63) is 34.9 Å². The predicted molar refractivity (Wildman–Crippen MR) is 69.9 cm³/mol. The van der Waals surface area contributed by atoms with Gasteiger partial charge in [0.2, 0.25) is 0 Å². The molecule has 1 N–H and O–H groups in total. The lowest BCUT2D eigenvalue weighted by molar-refractivity contribution is 0.420. The molecule has 0 bridgehead atoms. The average molecular weight is 217 g/mol. The van der Waals surface area contributed by atoms with Crippen LogP contribution in [0.4, 0.5) is 0 Å². The molecule has 0 fully saturated rings. The van der Waals surface area contributed by atoms with Crippen molar-refractivity contribution in [2.24, 2.45) is 0 Å². The second-order valence-electron chi connectivity index (χ2n) is 5.57. The van der Waals surface area contributed by atoms with Gasteiger partial charge in [0.15, 0.2) is 0 Å². The van der Waals surface area contributed by atoms with Crippen molar-refractivity contribution in [3.8, 4) is 0 Å². The maximum Gasteiger partial charge on any atom is 0.0162 e. The van der Waals surface area contributed by atoms with Gasteiger partial charge in [-0.3, -0.25) is 0 Å². The van der Waals surface area contributed by atoms with Crippen LogP contribution in [0, 0.1) is 0 Å². The lowest BCUT2D eigenvalue weighted by Crippen LogP contribution is -2.38. The maximum absolute atomic E-state index is 3.40. The van der Waals surface area contributed by atoms with Gasteiger partial charge in [0.05, 0.1) is 0 Å². The monoisotopic (exact) mass is 217 g/mol. The normalized spacial score (nSPS) is 15.9. The van der Waals surface area contributed by atoms with Crippen LogP contribution in [0.25, 0.3) is 0 Å². The Morgan fingerprint density at radius 1 is 1.19 bits per heavy atom. The van der Waals surface area contributed by atoms with Crippen LogP contribution in [0.1, 0.15) is 43.4 Å². The lowest BCUT2D eigenvalue weighted by atomic mass is 9.84. The Labute approximate surface area is 99.3 Å². The first kappa shape index (κ1) is 11.7. The molecule has 1 aromatic carbocycles. The Morgan fingerprint density at radius 3 is 2.69 bits per heavy atom. The Kier molecular flexibility index (Phi) is 3.34. The minimum absolute atomic E-state index is 0.201. The van der Waals surface area contributed by atoms with E-state index < -0.39 is 0 Å². The van der Waals surface area contributed by atoms with Crippen molar-refractivity contribution >= 4 is 0 Å². The molecule has 0 atom stereocenters. The van der Waals surface area contributed by atoms with Crippen molar-refractivity contribution in [3.63, 3.8) is 0 Å². The SMILES string of the molecule is CNC(C)(C)Cc1cccc2c1CCCC2. The predicted octanol–water partition coefficient (Wildman–Crippen LogP) is 3.11. The van der Waals surface area contributed by atoms with Crippen LogP contribution in [0.3, 0.4) is 0 Å². The summed E-state index contributed by atoms with van der Waals surface area (Å²) in [6.45, 7) is 4.55. The van der Waals surface area contributed by atoms with Crippen LogP contribution in [0.15, 0.2) is 18.2 Å². The van der Waals surface area contributed by atoms with E-state index >= 15 is 0 Å². The van der Waals surface area contributed by atoms with Gasteiger partial charge >= 0.3 is 0 Å². The van der Waals surface area contributed by atoms with E-state index in [9.17, 15) is 0 Å². The number of hydrogen-bond donors (Lipinski definition) is 1. The molecule has 0 amide bonds. The van der Waals surface area contributed by atoms with Crippen LogP contribution < -0.4 is 5.32 Å². The highest BCUT2D eigenvalue weighted by molar-refractivity contribution is 5.37. The van der Waals surface area contributed by atoms with E-state index in [0.29, 0.717) is 0 Å². The van der Waals surface area contributed by atoms with Gasteiger partial charge in [0.25, 0.3) is 0 Å². The highest BCUT2D eigenvalue weighted by Crippen LogP contribution is 2.26. The fourth-order valence-corrected chi connectivity index (χ4v) is 2.59. The van der Waals surface area contributed by atoms with E-state index in [0.717, 1.165) is 6.42 Å². The average Bonchev–Trinajstić information content (AvgIpc) is 2.29. The third kappa shape index (κ3) is 2.46. The molecule has 0 radical (unpaired) electrons. The van der Waals surface area contributed by atoms with Gasteiger partial charge in [-0.05, 0) is 69.7 Å². The second kappa shape index (κ2) is 4.58. The lowest BCUT2D eigenvalue weighted by Gasteiger charge is -2.27. The Hall–Kier alpha value is -0.820. The molecule has 0 aromatic heterocycles. The molecular formula is C15H23N. The van der Waals surface area contributed by atoms with Gasteiger partial charge < -0.3 is 5.32 Å². The second-order valence-corrected chi connectivity index (χ2v) is 5.57. The van der Waals surface area contributed by atoms with Crippen molar-refractivity contribution < 1.29 is 0 Å². The summed E-state index contributed by atoms with van der Waals surface area (Å²) >= 11 is 0. The van der Waals surface area contributed by atoms with E-state index in [1.807, 2.05) is 0 Å². The first-order valence-electron chi connectivity index (χ1n) is 6.41. The molecule has 1 heteroatoms. The molecule has 1 nitrogen and oxygen atoms in total. The molecule has 2 rings (SSSR count). The molecule has 0 saturated heterocycles. The fourth-order valence-electron chi connectivity index (χ4n) is 2.59. The zero-order chi connectivity index (χ0) is 11.6. The number of hydrogen-bond acceptors (Lipinski definition) is 1. The van der Waals surface area contributed by atoms with Gasteiger partial charge in [-0.15, -0.1) is 0 Å². The first-order valence-corrected chi connectivity index (χ1v) is 6.41. The molecule has 16 heavy (non-hydrogen) atoms. The Morgan fingerprint density at radius 2 is 1.94 bits per heavy atom. The smallest absolute Gasteiger partial charge is 0.0162 e. The van der Waals surface area contributed by atoms with Crippen LogP contribution >= 0.6 is 0 Å². The molecular weight excluding hydrogens is 194 g/mol. The zero-order valence-corrected chi connectivity index (χ0v) is 10.8. The summed E-state index contributed by atoms with van der Waals surface area (Å²) in [4.78, 5) is 0. The van der Waals surface area contributed by atoms with Crippen LogP contribution in [-0.4, -0.2) is 12.6 Å². The van der Waals surface area contributed by atoms with Gasteiger partial charge in [-0.2, -0.15) is 0 Å². The molecule has 1 aliphatic rings. The quantitative estimate of drug-likeness (QED) is 0.820. The number of likely N-dealkylation sites (N-methyl/N-ethyl adjacent to an activating group) is 1. The van der Waals surface area contributed by atoms with Gasteiger partial charge in [-0.1, -0.05) is 18.2 Å². The number of aryl methyl sites for hydroxylation is 1. The number of fused-ring (bicyclic) bond motifs is 1. The van der Waals surface area contributed by atoms with Crippen LogP contribution in [-0.2, 0) is 19.3 Å². The van der Waals surface area contributed by atoms with E-state index in [4.69, 9.17) is 0 Å². The summed E-state index contributed by atoms with van der Waals surface area (Å²) in [7, 11) is 2.05. The number of nitrogens with one attached hydrogen (secondary N) is 1. The zero-order valence-electron chi connectivity index (χ0n) is 10.8. The van der Waals surface area contributed by atoms with Crippen LogP contribution in [0.2, 0.25) is 0 Å². The summed E-state index contributed by atoms with van der Waals surface area (Å²) in [5.41, 5.74) is 4.98. The highest BCUT2D eigenvalue weighted by Gasteiger charge is 2.19. The largest absolute Gasteiger partial charge is 0.314 e. The van der Waals surface area contributed by atoms with Crippen molar-refractivity contribution in [1.82, 2.24) is 5.32 Å². The highest BCUT2D eigenvalue weighted by atomic mass is 14.9. The standard InChI is InChI=1S/C15H23N/c1-15(2,16-3)11-13-9-6-8-12-7-4-5-10-14(12)13/h6,8-9,16H,4-5,7,10-11H2,1-3H3. The van der Waals surface area contributed by atoms with E-state index in [1.54, 1.807) is 16.7 Å². The first-order chi connectivity index (χ1) is 7.62. The minimum atomic E-state index is 0.201.